The van der Waals surface area contributed by atoms with Gasteiger partial charge in [0.1, 0.15) is 6.61 Å². The molecule has 1 aliphatic heterocycles. The van der Waals surface area contributed by atoms with Gasteiger partial charge in [0.2, 0.25) is 5.91 Å². The molecule has 1 atom stereocenters. The van der Waals surface area contributed by atoms with Crippen LogP contribution in [0.15, 0.2) is 66.7 Å². The lowest BCUT2D eigenvalue weighted by atomic mass is 10.1. The van der Waals surface area contributed by atoms with Gasteiger partial charge >= 0.3 is 0 Å². The lowest BCUT2D eigenvalue weighted by Gasteiger charge is -2.15. The van der Waals surface area contributed by atoms with Crippen molar-refractivity contribution in [1.82, 2.24) is 0 Å². The number of aryl methyl sites for hydroxylation is 1. The summed E-state index contributed by atoms with van der Waals surface area (Å²) < 4.78 is 11.8. The summed E-state index contributed by atoms with van der Waals surface area (Å²) in [7, 11) is 0. The molecule has 4 rings (SSSR count). The Morgan fingerprint density at radius 1 is 0.909 bits per heavy atom. The summed E-state index contributed by atoms with van der Waals surface area (Å²) in [6.45, 7) is 4.88. The third-order valence-electron chi connectivity index (χ3n) is 5.25. The molecule has 3 aromatic carbocycles. The highest BCUT2D eigenvalue weighted by Gasteiger charge is 2.40. The van der Waals surface area contributed by atoms with E-state index in [0.717, 1.165) is 22.9 Å². The summed E-state index contributed by atoms with van der Waals surface area (Å²) in [5, 5.41) is -0.229. The van der Waals surface area contributed by atoms with E-state index in [1.165, 1.54) is 10.5 Å². The Bertz CT molecular complexity index is 1150. The van der Waals surface area contributed by atoms with Crippen molar-refractivity contribution in [3.63, 3.8) is 0 Å². The molecule has 0 aromatic heterocycles. The molecule has 33 heavy (non-hydrogen) atoms. The third kappa shape index (κ3) is 5.52. The minimum Gasteiger partial charge on any atom is -0.490 e. The second kappa shape index (κ2) is 10.3. The second-order valence-electron chi connectivity index (χ2n) is 7.71. The Kier molecular flexibility index (Phi) is 7.26. The van der Waals surface area contributed by atoms with Crippen LogP contribution in [0.4, 0.5) is 10.5 Å². The van der Waals surface area contributed by atoms with E-state index in [-0.39, 0.29) is 11.1 Å². The Morgan fingerprint density at radius 3 is 2.30 bits per heavy atom. The Hall–Kier alpha value is -2.96. The molecule has 0 N–H and O–H groups in total. The van der Waals surface area contributed by atoms with E-state index in [4.69, 9.17) is 21.1 Å². The number of nitrogens with zero attached hydrogens (tertiary/aromatic N) is 1. The summed E-state index contributed by atoms with van der Waals surface area (Å²) in [5.41, 5.74) is 3.70. The van der Waals surface area contributed by atoms with E-state index in [2.05, 4.69) is 12.1 Å². The van der Waals surface area contributed by atoms with Gasteiger partial charge in [-0.05, 0) is 67.8 Å². The van der Waals surface area contributed by atoms with Gasteiger partial charge in [0.25, 0.3) is 5.24 Å². The summed E-state index contributed by atoms with van der Waals surface area (Å²) in [6, 6.07) is 20.5. The predicted molar refractivity (Wildman–Crippen MR) is 133 cm³/mol. The fourth-order valence-corrected chi connectivity index (χ4v) is 4.69. The number of ether oxygens (including phenoxy) is 2. The van der Waals surface area contributed by atoms with Crippen LogP contribution in [0, 0.1) is 6.92 Å². The van der Waals surface area contributed by atoms with E-state index >= 15 is 0 Å². The van der Waals surface area contributed by atoms with Gasteiger partial charge in [0.15, 0.2) is 11.5 Å². The summed E-state index contributed by atoms with van der Waals surface area (Å²) in [5.74, 6) is 1.04. The van der Waals surface area contributed by atoms with Crippen molar-refractivity contribution in [2.24, 2.45) is 0 Å². The van der Waals surface area contributed by atoms with Crippen molar-refractivity contribution >= 4 is 40.2 Å². The SMILES string of the molecule is CCOc1cc(C[C@H]2SC(=O)N(c3ccc(Cl)cc3)C2=O)ccc1OCc1ccc(C)cc1. The highest BCUT2D eigenvalue weighted by molar-refractivity contribution is 8.15. The minimum atomic E-state index is -0.498. The third-order valence-corrected chi connectivity index (χ3v) is 6.54. The van der Waals surface area contributed by atoms with Crippen LogP contribution in [-0.4, -0.2) is 23.0 Å². The topological polar surface area (TPSA) is 55.8 Å². The average Bonchev–Trinajstić information content (AvgIpc) is 3.08. The number of hydrogen-bond acceptors (Lipinski definition) is 5. The summed E-state index contributed by atoms with van der Waals surface area (Å²) >= 11 is 6.97. The van der Waals surface area contributed by atoms with E-state index in [0.29, 0.717) is 41.8 Å². The Labute approximate surface area is 202 Å². The number of anilines is 1. The van der Waals surface area contributed by atoms with Gasteiger partial charge in [-0.25, -0.2) is 4.90 Å². The zero-order valence-corrected chi connectivity index (χ0v) is 20.0. The van der Waals surface area contributed by atoms with Gasteiger partial charge in [-0.1, -0.05) is 59.3 Å². The molecule has 0 unspecified atom stereocenters. The molecule has 2 amide bonds. The highest BCUT2D eigenvalue weighted by Crippen LogP contribution is 2.36. The molecule has 1 saturated heterocycles. The van der Waals surface area contributed by atoms with Crippen molar-refractivity contribution < 1.29 is 19.1 Å². The number of halogens is 1. The molecular weight excluding hydrogens is 458 g/mol. The zero-order chi connectivity index (χ0) is 23.4. The molecule has 1 aliphatic rings. The molecule has 5 nitrogen and oxygen atoms in total. The monoisotopic (exact) mass is 481 g/mol. The number of rotatable bonds is 8. The van der Waals surface area contributed by atoms with Gasteiger partial charge < -0.3 is 9.47 Å². The van der Waals surface area contributed by atoms with Gasteiger partial charge in [0.05, 0.1) is 17.5 Å². The molecule has 0 bridgehead atoms. The molecule has 0 radical (unpaired) electrons. The molecule has 0 saturated carbocycles. The number of imide groups is 1. The van der Waals surface area contributed by atoms with Crippen molar-refractivity contribution in [3.05, 3.63) is 88.4 Å². The largest absolute Gasteiger partial charge is 0.490 e. The summed E-state index contributed by atoms with van der Waals surface area (Å²) in [6.07, 6.45) is 0.414. The number of carbonyl (C=O) groups is 2. The highest BCUT2D eigenvalue weighted by atomic mass is 35.5. The second-order valence-corrected chi connectivity index (χ2v) is 9.31. The lowest BCUT2D eigenvalue weighted by molar-refractivity contribution is -0.117. The number of carbonyl (C=O) groups excluding carboxylic acids is 2. The smallest absolute Gasteiger partial charge is 0.293 e. The van der Waals surface area contributed by atoms with Gasteiger partial charge in [-0.3, -0.25) is 9.59 Å². The van der Waals surface area contributed by atoms with Crippen molar-refractivity contribution in [1.29, 1.82) is 0 Å². The Balaban J connectivity index is 1.47. The first kappa shape index (κ1) is 23.2. The molecule has 1 heterocycles. The number of benzene rings is 3. The molecule has 1 fully saturated rings. The van der Waals surface area contributed by atoms with Crippen LogP contribution in [-0.2, 0) is 17.8 Å². The minimum absolute atomic E-state index is 0.232. The van der Waals surface area contributed by atoms with Crippen LogP contribution in [0.25, 0.3) is 0 Å². The first-order chi connectivity index (χ1) is 15.9. The zero-order valence-electron chi connectivity index (χ0n) is 18.4. The molecule has 170 valence electrons. The maximum Gasteiger partial charge on any atom is 0.293 e. The van der Waals surface area contributed by atoms with Crippen LogP contribution >= 0.6 is 23.4 Å². The van der Waals surface area contributed by atoms with Gasteiger partial charge in [0, 0.05) is 5.02 Å². The summed E-state index contributed by atoms with van der Waals surface area (Å²) in [4.78, 5) is 26.7. The maximum atomic E-state index is 13.0. The quantitative estimate of drug-likeness (QED) is 0.370. The maximum absolute atomic E-state index is 13.0. The van der Waals surface area contributed by atoms with Gasteiger partial charge in [-0.2, -0.15) is 0 Å². The fraction of sp³-hybridized carbons (Fsp3) is 0.231. The van der Waals surface area contributed by atoms with Crippen LogP contribution in [0.3, 0.4) is 0 Å². The van der Waals surface area contributed by atoms with Crippen molar-refractivity contribution in [2.75, 3.05) is 11.5 Å². The Morgan fingerprint density at radius 2 is 1.61 bits per heavy atom. The van der Waals surface area contributed by atoms with E-state index in [9.17, 15) is 9.59 Å². The van der Waals surface area contributed by atoms with Crippen molar-refractivity contribution in [3.8, 4) is 11.5 Å². The van der Waals surface area contributed by atoms with Crippen LogP contribution < -0.4 is 14.4 Å². The predicted octanol–water partition coefficient (Wildman–Crippen LogP) is 6.44. The van der Waals surface area contributed by atoms with E-state index < -0.39 is 5.25 Å². The van der Waals surface area contributed by atoms with Crippen LogP contribution in [0.1, 0.15) is 23.6 Å². The molecule has 7 heteroatoms. The molecule has 0 spiro atoms. The molecule has 3 aromatic rings. The van der Waals surface area contributed by atoms with Crippen LogP contribution in [0.2, 0.25) is 5.02 Å². The number of amides is 2. The first-order valence-electron chi connectivity index (χ1n) is 10.7. The van der Waals surface area contributed by atoms with Crippen LogP contribution in [0.5, 0.6) is 11.5 Å². The van der Waals surface area contributed by atoms with E-state index in [1.807, 2.05) is 44.2 Å². The molecular formula is C26H24ClNO4S. The lowest BCUT2D eigenvalue weighted by Crippen LogP contribution is -2.32. The number of hydrogen-bond donors (Lipinski definition) is 0. The number of thioether (sulfide) groups is 1. The average molecular weight is 482 g/mol. The van der Waals surface area contributed by atoms with E-state index in [1.54, 1.807) is 24.3 Å². The normalized spacial score (nSPS) is 15.7. The van der Waals surface area contributed by atoms with Crippen molar-refractivity contribution in [2.45, 2.75) is 32.1 Å². The standard InChI is InChI=1S/C26H24ClNO4S/c1-3-31-23-14-19(8-13-22(23)32-16-18-6-4-17(2)5-7-18)15-24-25(29)28(26(30)33-24)21-11-9-20(27)10-12-21/h4-14,24H,3,15-16H2,1-2H3/t24-/m1/s1. The van der Waals surface area contributed by atoms with Gasteiger partial charge in [-0.15, -0.1) is 0 Å². The molecule has 0 aliphatic carbocycles. The first-order valence-corrected chi connectivity index (χ1v) is 11.9. The fourth-order valence-electron chi connectivity index (χ4n) is 3.54.